The van der Waals surface area contributed by atoms with Crippen molar-refractivity contribution in [1.82, 2.24) is 4.98 Å². The average molecular weight is 289 g/mol. The van der Waals surface area contributed by atoms with Crippen LogP contribution in [0.25, 0.3) is 20.7 Å². The lowest BCUT2D eigenvalue weighted by atomic mass is 10.2. The van der Waals surface area contributed by atoms with Gasteiger partial charge < -0.3 is 5.11 Å². The van der Waals surface area contributed by atoms with Crippen LogP contribution >= 0.6 is 22.7 Å². The van der Waals surface area contributed by atoms with Gasteiger partial charge in [-0.15, -0.1) is 22.7 Å². The van der Waals surface area contributed by atoms with E-state index in [1.54, 1.807) is 22.7 Å². The van der Waals surface area contributed by atoms with Gasteiger partial charge >= 0.3 is 5.97 Å². The van der Waals surface area contributed by atoms with E-state index in [1.165, 1.54) is 10.1 Å². The van der Waals surface area contributed by atoms with Crippen molar-refractivity contribution in [3.8, 4) is 10.6 Å². The Hall–Kier alpha value is -1.72. The number of hydrogen-bond acceptors (Lipinski definition) is 4. The molecule has 0 amide bonds. The van der Waals surface area contributed by atoms with Gasteiger partial charge in [0.05, 0.1) is 12.1 Å². The van der Waals surface area contributed by atoms with E-state index in [-0.39, 0.29) is 6.42 Å². The number of hydrogen-bond donors (Lipinski definition) is 1. The molecule has 1 N–H and O–H groups in total. The molecule has 2 heterocycles. The number of thiazole rings is 1. The number of carboxylic acids is 1. The number of benzene rings is 1. The molecule has 3 rings (SSSR count). The van der Waals surface area contributed by atoms with E-state index in [1.807, 2.05) is 17.5 Å². The standard InChI is InChI=1S/C14H11NO2S2/c16-13(17)6-5-9-7-19-14(15-9)11-8-18-12-4-2-1-3-10(11)12/h1-4,7-8H,5-6H2,(H,16,17). The Bertz CT molecular complexity index is 730. The van der Waals surface area contributed by atoms with Crippen LogP contribution in [0, 0.1) is 0 Å². The third-order valence-electron chi connectivity index (χ3n) is 2.86. The SMILES string of the molecule is O=C(O)CCc1csc(-c2csc3ccccc23)n1. The van der Waals surface area contributed by atoms with Crippen LogP contribution in [0.3, 0.4) is 0 Å². The van der Waals surface area contributed by atoms with E-state index in [9.17, 15) is 4.79 Å². The molecule has 0 aliphatic carbocycles. The number of carboxylic acid groups (broad SMARTS) is 1. The lowest BCUT2D eigenvalue weighted by Crippen LogP contribution is -1.97. The largest absolute Gasteiger partial charge is 0.481 e. The topological polar surface area (TPSA) is 50.2 Å². The molecule has 0 fully saturated rings. The molecule has 0 spiro atoms. The first-order valence-corrected chi connectivity index (χ1v) is 7.63. The Morgan fingerprint density at radius 2 is 2.05 bits per heavy atom. The second-order valence-corrected chi connectivity index (χ2v) is 5.95. The quantitative estimate of drug-likeness (QED) is 0.788. The van der Waals surface area contributed by atoms with Crippen LogP contribution in [0.4, 0.5) is 0 Å². The van der Waals surface area contributed by atoms with Crippen LogP contribution in [0.1, 0.15) is 12.1 Å². The zero-order chi connectivity index (χ0) is 13.2. The van der Waals surface area contributed by atoms with Gasteiger partial charge in [-0.05, 0) is 6.07 Å². The zero-order valence-corrected chi connectivity index (χ0v) is 11.6. The van der Waals surface area contributed by atoms with Gasteiger partial charge in [-0.1, -0.05) is 18.2 Å². The number of rotatable bonds is 4. The maximum Gasteiger partial charge on any atom is 0.303 e. The van der Waals surface area contributed by atoms with Crippen molar-refractivity contribution in [2.24, 2.45) is 0 Å². The Kier molecular flexibility index (Phi) is 3.31. The summed E-state index contributed by atoms with van der Waals surface area (Å²) in [5, 5.41) is 14.9. The smallest absolute Gasteiger partial charge is 0.303 e. The molecule has 0 bridgehead atoms. The number of thiophene rings is 1. The third kappa shape index (κ3) is 2.52. The number of carbonyl (C=O) groups is 1. The van der Waals surface area contributed by atoms with E-state index >= 15 is 0 Å². The number of aliphatic carboxylic acids is 1. The van der Waals surface area contributed by atoms with Gasteiger partial charge in [-0.2, -0.15) is 0 Å². The summed E-state index contributed by atoms with van der Waals surface area (Å²) in [6.07, 6.45) is 0.626. The Labute approximate surface area is 118 Å². The molecule has 0 aliphatic rings. The summed E-state index contributed by atoms with van der Waals surface area (Å²) in [7, 11) is 0. The molecule has 96 valence electrons. The molecule has 19 heavy (non-hydrogen) atoms. The molecular formula is C14H11NO2S2. The predicted octanol–water partition coefficient (Wildman–Crippen LogP) is 4.04. The van der Waals surface area contributed by atoms with Crippen molar-refractivity contribution in [2.75, 3.05) is 0 Å². The highest BCUT2D eigenvalue weighted by molar-refractivity contribution is 7.18. The van der Waals surface area contributed by atoms with Crippen LogP contribution in [-0.2, 0) is 11.2 Å². The Morgan fingerprint density at radius 1 is 1.21 bits per heavy atom. The highest BCUT2D eigenvalue weighted by Gasteiger charge is 2.10. The van der Waals surface area contributed by atoms with Gasteiger partial charge in [0.25, 0.3) is 0 Å². The molecule has 0 aliphatic heterocycles. The Morgan fingerprint density at radius 3 is 2.89 bits per heavy atom. The van der Waals surface area contributed by atoms with E-state index in [0.29, 0.717) is 6.42 Å². The van der Waals surface area contributed by atoms with E-state index in [4.69, 9.17) is 5.11 Å². The summed E-state index contributed by atoms with van der Waals surface area (Å²) >= 11 is 3.29. The van der Waals surface area contributed by atoms with Crippen molar-refractivity contribution in [2.45, 2.75) is 12.8 Å². The molecule has 3 aromatic rings. The van der Waals surface area contributed by atoms with Crippen molar-refractivity contribution in [3.05, 3.63) is 40.7 Å². The number of aromatic nitrogens is 1. The maximum absolute atomic E-state index is 10.6. The fraction of sp³-hybridized carbons (Fsp3) is 0.143. The third-order valence-corrected chi connectivity index (χ3v) is 4.75. The monoisotopic (exact) mass is 289 g/mol. The van der Waals surface area contributed by atoms with Gasteiger partial charge in [0.15, 0.2) is 0 Å². The van der Waals surface area contributed by atoms with Crippen LogP contribution in [0.2, 0.25) is 0 Å². The van der Waals surface area contributed by atoms with Gasteiger partial charge in [-0.3, -0.25) is 4.79 Å². The second-order valence-electron chi connectivity index (χ2n) is 4.18. The number of nitrogens with zero attached hydrogens (tertiary/aromatic N) is 1. The van der Waals surface area contributed by atoms with Crippen molar-refractivity contribution in [1.29, 1.82) is 0 Å². The molecule has 0 saturated heterocycles. The van der Waals surface area contributed by atoms with Gasteiger partial charge in [0.1, 0.15) is 5.01 Å². The summed E-state index contributed by atoms with van der Waals surface area (Å²) in [6.45, 7) is 0. The van der Waals surface area contributed by atoms with E-state index in [0.717, 1.165) is 16.3 Å². The van der Waals surface area contributed by atoms with Gasteiger partial charge in [0.2, 0.25) is 0 Å². The fourth-order valence-corrected chi connectivity index (χ4v) is 3.83. The molecule has 0 saturated carbocycles. The van der Waals surface area contributed by atoms with Crippen molar-refractivity contribution in [3.63, 3.8) is 0 Å². The van der Waals surface area contributed by atoms with Crippen LogP contribution in [0.5, 0.6) is 0 Å². The molecule has 0 radical (unpaired) electrons. The molecule has 3 nitrogen and oxygen atoms in total. The first kappa shape index (κ1) is 12.3. The summed E-state index contributed by atoms with van der Waals surface area (Å²) in [5.41, 5.74) is 2.00. The average Bonchev–Trinajstić information content (AvgIpc) is 3.02. The highest BCUT2D eigenvalue weighted by atomic mass is 32.1. The highest BCUT2D eigenvalue weighted by Crippen LogP contribution is 2.35. The lowest BCUT2D eigenvalue weighted by molar-refractivity contribution is -0.136. The van der Waals surface area contributed by atoms with E-state index < -0.39 is 5.97 Å². The lowest BCUT2D eigenvalue weighted by Gasteiger charge is -1.94. The maximum atomic E-state index is 10.6. The molecule has 1 aromatic carbocycles. The predicted molar refractivity (Wildman–Crippen MR) is 78.9 cm³/mol. The zero-order valence-electron chi connectivity index (χ0n) is 10.00. The summed E-state index contributed by atoms with van der Waals surface area (Å²) in [4.78, 5) is 15.1. The fourth-order valence-electron chi connectivity index (χ4n) is 1.92. The summed E-state index contributed by atoms with van der Waals surface area (Å²) in [6, 6.07) is 8.25. The molecule has 5 heteroatoms. The second kappa shape index (κ2) is 5.11. The van der Waals surface area contributed by atoms with Crippen LogP contribution < -0.4 is 0 Å². The van der Waals surface area contributed by atoms with Gasteiger partial charge in [0, 0.05) is 32.8 Å². The molecule has 0 atom stereocenters. The number of aryl methyl sites for hydroxylation is 1. The molecular weight excluding hydrogens is 278 g/mol. The molecule has 0 unspecified atom stereocenters. The van der Waals surface area contributed by atoms with Crippen LogP contribution in [-0.4, -0.2) is 16.1 Å². The first-order chi connectivity index (χ1) is 9.24. The first-order valence-electron chi connectivity index (χ1n) is 5.87. The van der Waals surface area contributed by atoms with Crippen LogP contribution in [0.15, 0.2) is 35.0 Å². The minimum Gasteiger partial charge on any atom is -0.481 e. The van der Waals surface area contributed by atoms with E-state index in [2.05, 4.69) is 22.5 Å². The minimum absolute atomic E-state index is 0.132. The van der Waals surface area contributed by atoms with Crippen molar-refractivity contribution < 1.29 is 9.90 Å². The normalized spacial score (nSPS) is 10.9. The van der Waals surface area contributed by atoms with Gasteiger partial charge in [-0.25, -0.2) is 4.98 Å². The minimum atomic E-state index is -0.782. The summed E-state index contributed by atoms with van der Waals surface area (Å²) < 4.78 is 1.25. The summed E-state index contributed by atoms with van der Waals surface area (Å²) in [5.74, 6) is -0.782. The molecule has 2 aromatic heterocycles. The van der Waals surface area contributed by atoms with Crippen molar-refractivity contribution >= 4 is 38.7 Å². The number of fused-ring (bicyclic) bond motifs is 1. The Balaban J connectivity index is 1.92.